The number of hydrogen-bond donors (Lipinski definition) is 1. The van der Waals surface area contributed by atoms with E-state index in [1.807, 2.05) is 0 Å². The minimum Gasteiger partial charge on any atom is -0.327 e. The molecule has 1 saturated heterocycles. The number of piperidine rings is 1. The molecular formula is C13H19BrN2S. The molecular weight excluding hydrogens is 296 g/mol. The van der Waals surface area contributed by atoms with Crippen molar-refractivity contribution in [2.24, 2.45) is 11.7 Å². The van der Waals surface area contributed by atoms with Gasteiger partial charge in [-0.05, 0) is 64.5 Å². The quantitative estimate of drug-likeness (QED) is 0.929. The number of thiophene rings is 1. The number of halogens is 1. The molecule has 2 atom stereocenters. The molecule has 2 unspecified atom stereocenters. The summed E-state index contributed by atoms with van der Waals surface area (Å²) in [6.07, 6.45) is 5.17. The van der Waals surface area contributed by atoms with Gasteiger partial charge in [0.1, 0.15) is 0 Å². The van der Waals surface area contributed by atoms with E-state index in [9.17, 15) is 0 Å². The van der Waals surface area contributed by atoms with Crippen molar-refractivity contribution in [3.05, 3.63) is 20.8 Å². The van der Waals surface area contributed by atoms with Crippen LogP contribution in [0.15, 0.2) is 15.2 Å². The zero-order chi connectivity index (χ0) is 11.8. The van der Waals surface area contributed by atoms with Gasteiger partial charge in [0.25, 0.3) is 0 Å². The van der Waals surface area contributed by atoms with Gasteiger partial charge in [-0.1, -0.05) is 0 Å². The molecule has 0 amide bonds. The lowest BCUT2D eigenvalue weighted by Gasteiger charge is -2.36. The van der Waals surface area contributed by atoms with Crippen LogP contribution in [0.3, 0.4) is 0 Å². The average Bonchev–Trinajstić information content (AvgIpc) is 3.03. The highest BCUT2D eigenvalue weighted by atomic mass is 79.9. The highest BCUT2D eigenvalue weighted by molar-refractivity contribution is 9.11. The molecule has 0 bridgehead atoms. The van der Waals surface area contributed by atoms with Crippen LogP contribution in [-0.4, -0.2) is 30.1 Å². The van der Waals surface area contributed by atoms with Crippen LogP contribution >= 0.6 is 27.3 Å². The van der Waals surface area contributed by atoms with Gasteiger partial charge in [0, 0.05) is 25.2 Å². The van der Waals surface area contributed by atoms with Crippen LogP contribution in [0, 0.1) is 5.92 Å². The van der Waals surface area contributed by atoms with E-state index >= 15 is 0 Å². The minimum absolute atomic E-state index is 0.386. The maximum atomic E-state index is 6.19. The molecule has 2 N–H and O–H groups in total. The molecule has 2 fully saturated rings. The van der Waals surface area contributed by atoms with E-state index in [0.29, 0.717) is 6.04 Å². The Bertz CT molecular complexity index is 389. The molecule has 3 rings (SSSR count). The molecule has 0 radical (unpaired) electrons. The topological polar surface area (TPSA) is 29.3 Å². The van der Waals surface area contributed by atoms with Gasteiger partial charge in [-0.2, -0.15) is 0 Å². The van der Waals surface area contributed by atoms with E-state index in [-0.39, 0.29) is 0 Å². The first-order chi connectivity index (χ1) is 8.20. The average molecular weight is 315 g/mol. The van der Waals surface area contributed by atoms with Crippen LogP contribution < -0.4 is 5.73 Å². The van der Waals surface area contributed by atoms with E-state index < -0.39 is 0 Å². The maximum absolute atomic E-state index is 6.19. The van der Waals surface area contributed by atoms with E-state index in [4.69, 9.17) is 5.73 Å². The lowest BCUT2D eigenvalue weighted by Crippen LogP contribution is -2.48. The molecule has 94 valence electrons. The van der Waals surface area contributed by atoms with E-state index in [0.717, 1.165) is 18.5 Å². The van der Waals surface area contributed by atoms with Gasteiger partial charge in [0.2, 0.25) is 0 Å². The molecule has 1 aliphatic carbocycles. The smallest absolute Gasteiger partial charge is 0.0701 e. The third-order valence-corrected chi connectivity index (χ3v) is 5.36. The van der Waals surface area contributed by atoms with Crippen molar-refractivity contribution in [2.45, 2.75) is 37.8 Å². The van der Waals surface area contributed by atoms with Crippen LogP contribution in [0.5, 0.6) is 0 Å². The first kappa shape index (κ1) is 12.2. The molecule has 2 nitrogen and oxygen atoms in total. The van der Waals surface area contributed by atoms with Crippen molar-refractivity contribution in [2.75, 3.05) is 13.1 Å². The van der Waals surface area contributed by atoms with Crippen molar-refractivity contribution < 1.29 is 0 Å². The first-order valence-corrected chi connectivity index (χ1v) is 8.10. The summed E-state index contributed by atoms with van der Waals surface area (Å²) in [7, 11) is 0. The van der Waals surface area contributed by atoms with Crippen LogP contribution in [0.2, 0.25) is 0 Å². The van der Waals surface area contributed by atoms with Crippen LogP contribution in [-0.2, 0) is 6.42 Å². The Labute approximate surface area is 115 Å². The molecule has 1 aliphatic heterocycles. The van der Waals surface area contributed by atoms with Crippen LogP contribution in [0.25, 0.3) is 0 Å². The fourth-order valence-corrected chi connectivity index (χ4v) is 4.18. The Morgan fingerprint density at radius 1 is 1.41 bits per heavy atom. The summed E-state index contributed by atoms with van der Waals surface area (Å²) in [6, 6.07) is 3.50. The van der Waals surface area contributed by atoms with Crippen molar-refractivity contribution >= 4 is 27.3 Å². The second kappa shape index (κ2) is 5.00. The van der Waals surface area contributed by atoms with Gasteiger partial charge in [-0.25, -0.2) is 0 Å². The number of nitrogens with zero attached hydrogens (tertiary/aromatic N) is 1. The molecule has 1 saturated carbocycles. The summed E-state index contributed by atoms with van der Waals surface area (Å²) < 4.78 is 1.24. The number of hydrogen-bond acceptors (Lipinski definition) is 3. The zero-order valence-corrected chi connectivity index (χ0v) is 12.3. The Balaban J connectivity index is 1.61. The molecule has 4 heteroatoms. The maximum Gasteiger partial charge on any atom is 0.0701 e. The summed E-state index contributed by atoms with van der Waals surface area (Å²) in [5.74, 6) is 0.751. The third-order valence-electron chi connectivity index (χ3n) is 3.81. The van der Waals surface area contributed by atoms with E-state index in [1.54, 1.807) is 11.3 Å². The van der Waals surface area contributed by atoms with Gasteiger partial charge in [-0.15, -0.1) is 11.3 Å². The monoisotopic (exact) mass is 314 g/mol. The van der Waals surface area contributed by atoms with E-state index in [1.165, 1.54) is 41.6 Å². The molecule has 1 aromatic heterocycles. The van der Waals surface area contributed by atoms with Crippen molar-refractivity contribution in [3.8, 4) is 0 Å². The summed E-state index contributed by atoms with van der Waals surface area (Å²) in [5, 5.41) is 2.27. The predicted molar refractivity (Wildman–Crippen MR) is 76.4 cm³/mol. The fourth-order valence-electron chi connectivity index (χ4n) is 2.96. The van der Waals surface area contributed by atoms with Crippen molar-refractivity contribution in [1.29, 1.82) is 0 Å². The molecule has 1 aromatic rings. The Morgan fingerprint density at radius 2 is 2.24 bits per heavy atom. The minimum atomic E-state index is 0.386. The van der Waals surface area contributed by atoms with Crippen molar-refractivity contribution in [3.63, 3.8) is 0 Å². The number of nitrogens with two attached hydrogens (primary N) is 1. The molecule has 2 aliphatic rings. The molecule has 0 aromatic carbocycles. The van der Waals surface area contributed by atoms with Crippen molar-refractivity contribution in [1.82, 2.24) is 4.90 Å². The molecule has 17 heavy (non-hydrogen) atoms. The predicted octanol–water partition coefficient (Wildman–Crippen LogP) is 2.86. The van der Waals surface area contributed by atoms with Gasteiger partial charge >= 0.3 is 0 Å². The lowest BCUT2D eigenvalue weighted by molar-refractivity contribution is 0.148. The second-order valence-electron chi connectivity index (χ2n) is 5.51. The first-order valence-electron chi connectivity index (χ1n) is 6.43. The Hall–Kier alpha value is 0.1000. The molecule has 0 spiro atoms. The summed E-state index contributed by atoms with van der Waals surface area (Å²) >= 11 is 5.32. The number of likely N-dealkylation sites (tertiary alicyclic amines) is 1. The highest BCUT2D eigenvalue weighted by Crippen LogP contribution is 2.32. The SMILES string of the molecule is NC1CC(Cc2csc(Br)c2)CN(C2CC2)C1. The zero-order valence-electron chi connectivity index (χ0n) is 9.94. The highest BCUT2D eigenvalue weighted by Gasteiger charge is 2.34. The third kappa shape index (κ3) is 3.11. The molecule has 2 heterocycles. The van der Waals surface area contributed by atoms with Gasteiger partial charge < -0.3 is 5.73 Å². The second-order valence-corrected chi connectivity index (χ2v) is 7.80. The Kier molecular flexibility index (Phi) is 3.57. The van der Waals surface area contributed by atoms with Gasteiger partial charge in [0.15, 0.2) is 0 Å². The van der Waals surface area contributed by atoms with Gasteiger partial charge in [0.05, 0.1) is 3.79 Å². The summed E-state index contributed by atoms with van der Waals surface area (Å²) in [5.41, 5.74) is 7.66. The van der Waals surface area contributed by atoms with Crippen LogP contribution in [0.1, 0.15) is 24.8 Å². The Morgan fingerprint density at radius 3 is 2.88 bits per heavy atom. The van der Waals surface area contributed by atoms with Gasteiger partial charge in [-0.3, -0.25) is 4.90 Å². The van der Waals surface area contributed by atoms with E-state index in [2.05, 4.69) is 32.3 Å². The lowest BCUT2D eigenvalue weighted by atomic mass is 9.90. The van der Waals surface area contributed by atoms with Crippen LogP contribution in [0.4, 0.5) is 0 Å². The summed E-state index contributed by atoms with van der Waals surface area (Å²) in [4.78, 5) is 2.63. The fraction of sp³-hybridized carbons (Fsp3) is 0.692. The number of rotatable bonds is 3. The largest absolute Gasteiger partial charge is 0.327 e. The normalized spacial score (nSPS) is 30.7. The standard InChI is InChI=1S/C13H19BrN2S/c14-13-5-10(8-17-13)3-9-4-11(15)7-16(6-9)12-1-2-12/h5,8-9,11-12H,1-4,6-7,15H2. The summed E-state index contributed by atoms with van der Waals surface area (Å²) in [6.45, 7) is 2.38.